The fraction of sp³-hybridized carbons (Fsp3) is 0.273. The van der Waals surface area contributed by atoms with Gasteiger partial charge in [0, 0.05) is 37.8 Å². The van der Waals surface area contributed by atoms with E-state index < -0.39 is 5.82 Å². The lowest BCUT2D eigenvalue weighted by Crippen LogP contribution is -2.44. The van der Waals surface area contributed by atoms with Crippen LogP contribution in [0, 0.1) is 5.82 Å². The molecule has 0 bridgehead atoms. The van der Waals surface area contributed by atoms with E-state index in [0.717, 1.165) is 17.0 Å². The normalized spacial score (nSPS) is 21.4. The predicted octanol–water partition coefficient (Wildman–Crippen LogP) is 3.20. The maximum Gasteiger partial charge on any atom is 0.257 e. The molecule has 1 fully saturated rings. The molecule has 1 amide bonds. The summed E-state index contributed by atoms with van der Waals surface area (Å²) >= 11 is 0. The van der Waals surface area contributed by atoms with Gasteiger partial charge < -0.3 is 14.2 Å². The average molecular weight is 393 g/mol. The molecule has 2 aromatic carbocycles. The van der Waals surface area contributed by atoms with Crippen LogP contribution in [0.5, 0.6) is 5.75 Å². The molecule has 0 spiro atoms. The van der Waals surface area contributed by atoms with Crippen molar-refractivity contribution in [2.75, 3.05) is 20.1 Å². The highest BCUT2D eigenvalue weighted by atomic mass is 19.1. The van der Waals surface area contributed by atoms with Crippen molar-refractivity contribution in [2.45, 2.75) is 18.7 Å². The third-order valence-electron chi connectivity index (χ3n) is 5.59. The van der Waals surface area contributed by atoms with Crippen LogP contribution in [0.25, 0.3) is 11.3 Å². The number of carbonyl (C=O) groups is 1. The van der Waals surface area contributed by atoms with E-state index in [4.69, 9.17) is 9.26 Å². The molecular formula is C22H20FN3O3. The Morgan fingerprint density at radius 3 is 2.79 bits per heavy atom. The Morgan fingerprint density at radius 1 is 1.14 bits per heavy atom. The fourth-order valence-corrected chi connectivity index (χ4v) is 4.08. The van der Waals surface area contributed by atoms with Crippen LogP contribution in [0.1, 0.15) is 16.1 Å². The Bertz CT molecular complexity index is 1050. The molecule has 2 unspecified atom stereocenters. The number of hydrogen-bond acceptors (Lipinski definition) is 5. The van der Waals surface area contributed by atoms with E-state index in [1.165, 1.54) is 18.2 Å². The molecule has 3 heterocycles. The lowest BCUT2D eigenvalue weighted by Gasteiger charge is -2.25. The highest BCUT2D eigenvalue weighted by Gasteiger charge is 2.42. The highest BCUT2D eigenvalue weighted by molar-refractivity contribution is 5.97. The molecule has 3 aromatic rings. The van der Waals surface area contributed by atoms with Crippen molar-refractivity contribution in [1.82, 2.24) is 15.0 Å². The Balaban J connectivity index is 1.34. The minimum atomic E-state index is -0.414. The van der Waals surface area contributed by atoms with E-state index in [9.17, 15) is 9.18 Å². The average Bonchev–Trinajstić information content (AvgIpc) is 3.33. The quantitative estimate of drug-likeness (QED) is 0.684. The molecular weight excluding hydrogens is 373 g/mol. The van der Waals surface area contributed by atoms with Gasteiger partial charge in [-0.15, -0.1) is 0 Å². The van der Waals surface area contributed by atoms with E-state index in [-0.39, 0.29) is 18.1 Å². The Labute approximate surface area is 167 Å². The standard InChI is InChI=1S/C22H20FN3O3/c1-25-19-12-26(11-16-10-18(24-29-16)14-5-3-2-4-6-14)13-21(19)28-20-9-15(23)7-8-17(20)22(25)27/h2-10,19,21H,11-13H2,1H3. The first-order chi connectivity index (χ1) is 14.1. The predicted molar refractivity (Wildman–Crippen MR) is 104 cm³/mol. The van der Waals surface area contributed by atoms with Gasteiger partial charge in [-0.05, 0) is 12.1 Å². The number of carbonyl (C=O) groups excluding carboxylic acids is 1. The highest BCUT2D eigenvalue weighted by Crippen LogP contribution is 2.32. The van der Waals surface area contributed by atoms with Crippen LogP contribution in [0.2, 0.25) is 0 Å². The van der Waals surface area contributed by atoms with Gasteiger partial charge in [-0.25, -0.2) is 4.39 Å². The van der Waals surface area contributed by atoms with Crippen molar-refractivity contribution in [3.05, 3.63) is 71.7 Å². The first-order valence-electron chi connectivity index (χ1n) is 9.55. The molecule has 6 nitrogen and oxygen atoms in total. The summed E-state index contributed by atoms with van der Waals surface area (Å²) in [6, 6.07) is 15.7. The maximum atomic E-state index is 13.7. The molecule has 0 N–H and O–H groups in total. The van der Waals surface area contributed by atoms with Gasteiger partial charge >= 0.3 is 0 Å². The van der Waals surface area contributed by atoms with Gasteiger partial charge in [0.2, 0.25) is 0 Å². The molecule has 1 saturated heterocycles. The lowest BCUT2D eigenvalue weighted by atomic mass is 10.1. The van der Waals surface area contributed by atoms with E-state index >= 15 is 0 Å². The zero-order valence-corrected chi connectivity index (χ0v) is 15.9. The Morgan fingerprint density at radius 2 is 1.97 bits per heavy atom. The number of rotatable bonds is 3. The second-order valence-electron chi connectivity index (χ2n) is 7.52. The summed E-state index contributed by atoms with van der Waals surface area (Å²) in [5, 5.41) is 4.16. The largest absolute Gasteiger partial charge is 0.486 e. The van der Waals surface area contributed by atoms with Gasteiger partial charge in [-0.2, -0.15) is 0 Å². The monoisotopic (exact) mass is 393 g/mol. The first-order valence-corrected chi connectivity index (χ1v) is 9.55. The summed E-state index contributed by atoms with van der Waals surface area (Å²) in [6.07, 6.45) is -0.233. The molecule has 0 saturated carbocycles. The first kappa shape index (κ1) is 17.9. The number of ether oxygens (including phenoxy) is 1. The number of aromatic nitrogens is 1. The summed E-state index contributed by atoms with van der Waals surface area (Å²) in [7, 11) is 1.77. The molecule has 2 aliphatic heterocycles. The van der Waals surface area contributed by atoms with Crippen molar-refractivity contribution in [2.24, 2.45) is 0 Å². The lowest BCUT2D eigenvalue weighted by molar-refractivity contribution is 0.0682. The number of amides is 1. The van der Waals surface area contributed by atoms with E-state index in [0.29, 0.717) is 30.9 Å². The molecule has 0 radical (unpaired) electrons. The molecule has 2 aliphatic rings. The summed E-state index contributed by atoms with van der Waals surface area (Å²) in [4.78, 5) is 16.7. The number of likely N-dealkylation sites (N-methyl/N-ethyl adjacent to an activating group) is 1. The number of hydrogen-bond donors (Lipinski definition) is 0. The van der Waals surface area contributed by atoms with Gasteiger partial charge in [0.05, 0.1) is 18.2 Å². The third kappa shape index (κ3) is 3.27. The molecule has 5 rings (SSSR count). The smallest absolute Gasteiger partial charge is 0.257 e. The van der Waals surface area contributed by atoms with Gasteiger partial charge in [-0.1, -0.05) is 35.5 Å². The van der Waals surface area contributed by atoms with Crippen molar-refractivity contribution >= 4 is 5.91 Å². The topological polar surface area (TPSA) is 58.8 Å². The van der Waals surface area contributed by atoms with Crippen LogP contribution in [-0.2, 0) is 6.54 Å². The number of likely N-dealkylation sites (tertiary alicyclic amines) is 1. The van der Waals surface area contributed by atoms with E-state index in [1.54, 1.807) is 11.9 Å². The summed E-state index contributed by atoms with van der Waals surface area (Å²) < 4.78 is 25.2. The van der Waals surface area contributed by atoms with Gasteiger partial charge in [0.1, 0.15) is 23.4 Å². The summed E-state index contributed by atoms with van der Waals surface area (Å²) in [5.74, 6) is 0.492. The molecule has 0 aliphatic carbocycles. The molecule has 29 heavy (non-hydrogen) atoms. The van der Waals surface area contributed by atoms with Crippen LogP contribution in [0.4, 0.5) is 4.39 Å². The minimum Gasteiger partial charge on any atom is -0.486 e. The second-order valence-corrected chi connectivity index (χ2v) is 7.52. The zero-order chi connectivity index (χ0) is 20.0. The third-order valence-corrected chi connectivity index (χ3v) is 5.59. The Hall–Kier alpha value is -3.19. The van der Waals surface area contributed by atoms with Crippen molar-refractivity contribution in [1.29, 1.82) is 0 Å². The van der Waals surface area contributed by atoms with E-state index in [2.05, 4.69) is 10.1 Å². The number of benzene rings is 2. The molecule has 7 heteroatoms. The number of halogens is 1. The summed E-state index contributed by atoms with van der Waals surface area (Å²) in [5.41, 5.74) is 2.20. The Kier molecular flexibility index (Phi) is 4.32. The van der Waals surface area contributed by atoms with Crippen LogP contribution < -0.4 is 4.74 Å². The maximum absolute atomic E-state index is 13.7. The van der Waals surface area contributed by atoms with Gasteiger partial charge in [0.25, 0.3) is 5.91 Å². The minimum absolute atomic E-state index is 0.116. The SMILES string of the molecule is CN1C(=O)c2ccc(F)cc2OC2CN(Cc3cc(-c4ccccc4)no3)CC21. The molecule has 2 atom stereocenters. The van der Waals surface area contributed by atoms with Crippen LogP contribution in [0.3, 0.4) is 0 Å². The second kappa shape index (κ2) is 7.00. The number of nitrogens with zero attached hydrogens (tertiary/aromatic N) is 3. The van der Waals surface area contributed by atoms with Crippen LogP contribution in [-0.4, -0.2) is 53.1 Å². The molecule has 148 valence electrons. The molecule has 1 aromatic heterocycles. The number of fused-ring (bicyclic) bond motifs is 2. The fourth-order valence-electron chi connectivity index (χ4n) is 4.08. The van der Waals surface area contributed by atoms with Crippen molar-refractivity contribution in [3.8, 4) is 17.0 Å². The van der Waals surface area contributed by atoms with Crippen LogP contribution >= 0.6 is 0 Å². The van der Waals surface area contributed by atoms with E-state index in [1.807, 2.05) is 36.4 Å². The van der Waals surface area contributed by atoms with Gasteiger partial charge in [-0.3, -0.25) is 9.69 Å². The van der Waals surface area contributed by atoms with Crippen molar-refractivity contribution < 1.29 is 18.4 Å². The van der Waals surface area contributed by atoms with Crippen molar-refractivity contribution in [3.63, 3.8) is 0 Å². The van der Waals surface area contributed by atoms with Crippen LogP contribution in [0.15, 0.2) is 59.1 Å². The van der Waals surface area contributed by atoms with Gasteiger partial charge in [0.15, 0.2) is 5.76 Å². The summed E-state index contributed by atoms with van der Waals surface area (Å²) in [6.45, 7) is 1.82. The zero-order valence-electron chi connectivity index (χ0n) is 15.9.